The molecule has 0 unspecified atom stereocenters. The highest BCUT2D eigenvalue weighted by molar-refractivity contribution is 5.90. The van der Waals surface area contributed by atoms with Crippen LogP contribution in [-0.2, 0) is 0 Å². The first-order valence-electron chi connectivity index (χ1n) is 11.2. The lowest BCUT2D eigenvalue weighted by atomic mass is 10.1. The Morgan fingerprint density at radius 2 is 1.47 bits per heavy atom. The number of hydrogen-bond donors (Lipinski definition) is 1. The Hall–Kier alpha value is -3.23. The molecule has 1 aromatic carbocycles. The van der Waals surface area contributed by atoms with E-state index in [9.17, 15) is 4.79 Å². The topological polar surface area (TPSA) is 83.1 Å². The lowest BCUT2D eigenvalue weighted by Crippen LogP contribution is -2.50. The third-order valence-electron chi connectivity index (χ3n) is 6.02. The number of piperazine rings is 1. The van der Waals surface area contributed by atoms with E-state index in [0.29, 0.717) is 30.3 Å². The number of carbonyl (C=O) groups is 1. The molecule has 0 spiro atoms. The Kier molecular flexibility index (Phi) is 6.82. The molecule has 2 saturated heterocycles. The van der Waals surface area contributed by atoms with Crippen molar-refractivity contribution < 1.29 is 14.3 Å². The summed E-state index contributed by atoms with van der Waals surface area (Å²) in [5.41, 5.74) is 0.674. The number of amides is 2. The number of aryl methyl sites for hydroxylation is 1. The highest BCUT2D eigenvalue weighted by Crippen LogP contribution is 2.30. The summed E-state index contributed by atoms with van der Waals surface area (Å²) in [5.74, 6) is 3.96. The smallest absolute Gasteiger partial charge is 0.321 e. The normalized spacial score (nSPS) is 16.7. The van der Waals surface area contributed by atoms with Gasteiger partial charge >= 0.3 is 6.03 Å². The molecule has 0 saturated carbocycles. The number of aromatic nitrogens is 2. The van der Waals surface area contributed by atoms with Crippen LogP contribution in [0.25, 0.3) is 0 Å². The summed E-state index contributed by atoms with van der Waals surface area (Å²) in [6.45, 7) is 6.77. The number of urea groups is 1. The fourth-order valence-corrected chi connectivity index (χ4v) is 4.24. The van der Waals surface area contributed by atoms with Gasteiger partial charge in [-0.2, -0.15) is 0 Å². The zero-order chi connectivity index (χ0) is 22.5. The number of piperidine rings is 1. The van der Waals surface area contributed by atoms with Gasteiger partial charge in [-0.1, -0.05) is 0 Å². The molecule has 1 N–H and O–H groups in total. The van der Waals surface area contributed by atoms with Gasteiger partial charge in [0.05, 0.1) is 14.2 Å². The molecule has 0 aliphatic carbocycles. The minimum Gasteiger partial charge on any atom is -0.493 e. The molecule has 9 nitrogen and oxygen atoms in total. The molecule has 172 valence electrons. The summed E-state index contributed by atoms with van der Waals surface area (Å²) < 4.78 is 10.6. The monoisotopic (exact) mass is 440 g/mol. The molecular weight excluding hydrogens is 408 g/mol. The van der Waals surface area contributed by atoms with Crippen LogP contribution in [0, 0.1) is 6.92 Å². The molecule has 0 atom stereocenters. The number of hydrogen-bond acceptors (Lipinski definition) is 7. The molecule has 2 aliphatic rings. The molecule has 2 amide bonds. The molecule has 9 heteroatoms. The third kappa shape index (κ3) is 4.98. The van der Waals surface area contributed by atoms with E-state index in [0.717, 1.165) is 43.6 Å². The number of benzene rings is 1. The molecule has 2 aromatic rings. The predicted molar refractivity (Wildman–Crippen MR) is 125 cm³/mol. The Labute approximate surface area is 189 Å². The van der Waals surface area contributed by atoms with E-state index < -0.39 is 0 Å². The first kappa shape index (κ1) is 22.0. The van der Waals surface area contributed by atoms with E-state index in [4.69, 9.17) is 9.47 Å². The second-order valence-electron chi connectivity index (χ2n) is 8.15. The van der Waals surface area contributed by atoms with Crippen molar-refractivity contribution in [1.29, 1.82) is 0 Å². The van der Waals surface area contributed by atoms with Crippen LogP contribution < -0.4 is 24.6 Å². The van der Waals surface area contributed by atoms with Crippen LogP contribution >= 0.6 is 0 Å². The maximum Gasteiger partial charge on any atom is 0.321 e. The number of anilines is 3. The van der Waals surface area contributed by atoms with Gasteiger partial charge in [0.1, 0.15) is 17.5 Å². The van der Waals surface area contributed by atoms with Crippen LogP contribution in [0.4, 0.5) is 22.1 Å². The molecule has 1 aromatic heterocycles. The maximum absolute atomic E-state index is 12.8. The summed E-state index contributed by atoms with van der Waals surface area (Å²) >= 11 is 0. The Morgan fingerprint density at radius 3 is 2.09 bits per heavy atom. The van der Waals surface area contributed by atoms with Gasteiger partial charge in [-0.05, 0) is 38.3 Å². The van der Waals surface area contributed by atoms with Crippen molar-refractivity contribution in [1.82, 2.24) is 14.9 Å². The van der Waals surface area contributed by atoms with Crippen LogP contribution in [0.5, 0.6) is 11.5 Å². The van der Waals surface area contributed by atoms with Gasteiger partial charge in [0.25, 0.3) is 0 Å². The molecule has 3 heterocycles. The van der Waals surface area contributed by atoms with Gasteiger partial charge in [0, 0.05) is 57.1 Å². The maximum atomic E-state index is 12.8. The summed E-state index contributed by atoms with van der Waals surface area (Å²) in [4.78, 5) is 28.5. The van der Waals surface area contributed by atoms with Crippen LogP contribution in [0.2, 0.25) is 0 Å². The zero-order valence-corrected chi connectivity index (χ0v) is 19.1. The molecule has 2 aliphatic heterocycles. The highest BCUT2D eigenvalue weighted by Gasteiger charge is 2.24. The second-order valence-corrected chi connectivity index (χ2v) is 8.15. The molecule has 2 fully saturated rings. The van der Waals surface area contributed by atoms with Crippen molar-refractivity contribution in [3.8, 4) is 11.5 Å². The van der Waals surface area contributed by atoms with E-state index in [1.54, 1.807) is 32.4 Å². The average molecular weight is 441 g/mol. The summed E-state index contributed by atoms with van der Waals surface area (Å²) in [6, 6.07) is 7.33. The van der Waals surface area contributed by atoms with Crippen LogP contribution in [0.15, 0.2) is 24.3 Å². The van der Waals surface area contributed by atoms with Gasteiger partial charge in [-0.25, -0.2) is 14.8 Å². The Bertz CT molecular complexity index is 939. The van der Waals surface area contributed by atoms with Crippen LogP contribution in [0.1, 0.15) is 25.1 Å². The molecular formula is C23H32N6O3. The largest absolute Gasteiger partial charge is 0.493 e. The Morgan fingerprint density at radius 1 is 0.844 bits per heavy atom. The van der Waals surface area contributed by atoms with E-state index in [1.807, 2.05) is 11.8 Å². The third-order valence-corrected chi connectivity index (χ3v) is 6.02. The fourth-order valence-electron chi connectivity index (χ4n) is 4.24. The average Bonchev–Trinajstić information content (AvgIpc) is 2.84. The number of carbonyl (C=O) groups excluding carboxylic acids is 1. The number of nitrogens with zero attached hydrogens (tertiary/aromatic N) is 5. The van der Waals surface area contributed by atoms with Crippen molar-refractivity contribution in [2.24, 2.45) is 0 Å². The summed E-state index contributed by atoms with van der Waals surface area (Å²) in [7, 11) is 3.17. The molecule has 0 bridgehead atoms. The van der Waals surface area contributed by atoms with E-state index >= 15 is 0 Å². The lowest BCUT2D eigenvalue weighted by Gasteiger charge is -2.36. The number of nitrogens with one attached hydrogen (secondary N) is 1. The quantitative estimate of drug-likeness (QED) is 0.765. The molecule has 32 heavy (non-hydrogen) atoms. The fraction of sp³-hybridized carbons (Fsp3) is 0.522. The molecule has 4 rings (SSSR count). The van der Waals surface area contributed by atoms with E-state index in [2.05, 4.69) is 31.2 Å². The molecule has 0 radical (unpaired) electrons. The number of rotatable bonds is 5. The van der Waals surface area contributed by atoms with Crippen molar-refractivity contribution >= 4 is 23.4 Å². The second kappa shape index (κ2) is 9.93. The lowest BCUT2D eigenvalue weighted by molar-refractivity contribution is 0.208. The zero-order valence-electron chi connectivity index (χ0n) is 19.1. The summed E-state index contributed by atoms with van der Waals surface area (Å²) in [5, 5.41) is 2.95. The van der Waals surface area contributed by atoms with Crippen molar-refractivity contribution in [2.75, 3.05) is 68.6 Å². The standard InChI is InChI=1S/C23H32N6O3/c1-17-24-21(27-9-5-4-6-10-27)16-22(25-17)28-11-13-29(14-12-28)23(30)26-18-7-8-19(31-2)20(15-18)32-3/h7-8,15-16H,4-6,9-14H2,1-3H3,(H,26,30). The van der Waals surface area contributed by atoms with Gasteiger partial charge in [0.15, 0.2) is 11.5 Å². The van der Waals surface area contributed by atoms with Crippen molar-refractivity contribution in [3.63, 3.8) is 0 Å². The van der Waals surface area contributed by atoms with E-state index in [1.165, 1.54) is 19.3 Å². The van der Waals surface area contributed by atoms with Gasteiger partial charge in [-0.3, -0.25) is 0 Å². The summed E-state index contributed by atoms with van der Waals surface area (Å²) in [6.07, 6.45) is 3.72. The van der Waals surface area contributed by atoms with Crippen LogP contribution in [0.3, 0.4) is 0 Å². The highest BCUT2D eigenvalue weighted by atomic mass is 16.5. The van der Waals surface area contributed by atoms with Gasteiger partial charge in [-0.15, -0.1) is 0 Å². The van der Waals surface area contributed by atoms with Crippen LogP contribution in [-0.4, -0.2) is 74.4 Å². The Balaban J connectivity index is 1.37. The number of ether oxygens (including phenoxy) is 2. The first-order chi connectivity index (χ1) is 15.6. The van der Waals surface area contributed by atoms with Gasteiger partial charge in [0.2, 0.25) is 0 Å². The number of methoxy groups -OCH3 is 2. The first-order valence-corrected chi connectivity index (χ1v) is 11.2. The predicted octanol–water partition coefficient (Wildman–Crippen LogP) is 3.15. The minimum atomic E-state index is -0.121. The minimum absolute atomic E-state index is 0.121. The van der Waals surface area contributed by atoms with E-state index in [-0.39, 0.29) is 6.03 Å². The van der Waals surface area contributed by atoms with Crippen molar-refractivity contribution in [3.05, 3.63) is 30.1 Å². The van der Waals surface area contributed by atoms with Crippen molar-refractivity contribution in [2.45, 2.75) is 26.2 Å². The van der Waals surface area contributed by atoms with Gasteiger partial charge < -0.3 is 29.5 Å². The SMILES string of the molecule is COc1ccc(NC(=O)N2CCN(c3cc(N4CCCCC4)nc(C)n3)CC2)cc1OC.